The second kappa shape index (κ2) is 6.76. The van der Waals surface area contributed by atoms with E-state index in [1.54, 1.807) is 6.26 Å². The molecule has 3 rings (SSSR count). The van der Waals surface area contributed by atoms with Crippen molar-refractivity contribution >= 4 is 5.96 Å². The number of likely N-dealkylation sites (tertiary alicyclic amines) is 1. The molecule has 122 valence electrons. The van der Waals surface area contributed by atoms with E-state index in [2.05, 4.69) is 24.1 Å². The number of hydrogen-bond acceptors (Lipinski definition) is 2. The molecule has 1 N–H and O–H groups in total. The molecule has 4 heteroatoms. The molecule has 0 bridgehead atoms. The van der Waals surface area contributed by atoms with E-state index in [1.165, 1.54) is 32.2 Å². The smallest absolute Gasteiger partial charge is 0.193 e. The Bertz CT molecular complexity index is 488. The van der Waals surface area contributed by atoms with Crippen molar-refractivity contribution in [1.82, 2.24) is 10.2 Å². The molecule has 1 spiro atoms. The molecular formula is C18H29N3O. The van der Waals surface area contributed by atoms with Crippen molar-refractivity contribution in [2.75, 3.05) is 26.2 Å². The van der Waals surface area contributed by atoms with Gasteiger partial charge in [-0.1, -0.05) is 20.3 Å². The Hall–Kier alpha value is -1.45. The fourth-order valence-electron chi connectivity index (χ4n) is 3.49. The molecule has 1 aromatic heterocycles. The predicted octanol–water partition coefficient (Wildman–Crippen LogP) is 3.30. The van der Waals surface area contributed by atoms with Crippen LogP contribution in [0.3, 0.4) is 0 Å². The highest BCUT2D eigenvalue weighted by atomic mass is 16.3. The van der Waals surface area contributed by atoms with Crippen LogP contribution in [0, 0.1) is 11.3 Å². The minimum atomic E-state index is 0.599. The molecule has 0 unspecified atom stereocenters. The van der Waals surface area contributed by atoms with E-state index in [0.29, 0.717) is 11.3 Å². The lowest BCUT2D eigenvalue weighted by Gasteiger charge is -2.38. The summed E-state index contributed by atoms with van der Waals surface area (Å²) in [5.41, 5.74) is 0.612. The highest BCUT2D eigenvalue weighted by Gasteiger charge is 2.43. The molecule has 1 saturated carbocycles. The number of nitrogens with one attached hydrogen (secondary N) is 1. The third kappa shape index (κ3) is 3.65. The highest BCUT2D eigenvalue weighted by molar-refractivity contribution is 5.80. The molecule has 22 heavy (non-hydrogen) atoms. The van der Waals surface area contributed by atoms with E-state index in [-0.39, 0.29) is 0 Å². The maximum Gasteiger partial charge on any atom is 0.193 e. The number of aliphatic imine (C=N–C) groups is 1. The molecule has 2 aliphatic rings. The van der Waals surface area contributed by atoms with Gasteiger partial charge in [-0.3, -0.25) is 4.99 Å². The van der Waals surface area contributed by atoms with Crippen LogP contribution in [-0.4, -0.2) is 37.0 Å². The largest absolute Gasteiger partial charge is 0.469 e. The molecule has 1 aliphatic heterocycles. The van der Waals surface area contributed by atoms with Crippen LogP contribution >= 0.6 is 0 Å². The lowest BCUT2D eigenvalue weighted by atomic mass is 9.68. The zero-order valence-corrected chi connectivity index (χ0v) is 14.0. The van der Waals surface area contributed by atoms with Crippen LogP contribution in [0.2, 0.25) is 0 Å². The molecule has 0 amide bonds. The average molecular weight is 303 g/mol. The number of hydrogen-bond donors (Lipinski definition) is 1. The van der Waals surface area contributed by atoms with E-state index < -0.39 is 0 Å². The van der Waals surface area contributed by atoms with Crippen molar-refractivity contribution in [3.8, 4) is 0 Å². The Kier molecular flexibility index (Phi) is 4.74. The summed E-state index contributed by atoms with van der Waals surface area (Å²) >= 11 is 0. The van der Waals surface area contributed by atoms with Crippen LogP contribution < -0.4 is 5.32 Å². The Morgan fingerprint density at radius 1 is 1.41 bits per heavy atom. The van der Waals surface area contributed by atoms with Crippen LogP contribution in [-0.2, 0) is 6.42 Å². The van der Waals surface area contributed by atoms with Gasteiger partial charge in [-0.05, 0) is 42.7 Å². The van der Waals surface area contributed by atoms with E-state index in [1.807, 2.05) is 12.1 Å². The van der Waals surface area contributed by atoms with Gasteiger partial charge in [0.1, 0.15) is 5.76 Å². The first-order valence-electron chi connectivity index (χ1n) is 8.73. The first kappa shape index (κ1) is 15.4. The van der Waals surface area contributed by atoms with Gasteiger partial charge in [0, 0.05) is 32.6 Å². The van der Waals surface area contributed by atoms with Gasteiger partial charge in [0.05, 0.1) is 6.26 Å². The molecule has 1 saturated heterocycles. The number of nitrogens with zero attached hydrogens (tertiary/aromatic N) is 2. The maximum absolute atomic E-state index is 5.41. The Labute approximate surface area is 134 Å². The summed E-state index contributed by atoms with van der Waals surface area (Å²) in [6, 6.07) is 3.98. The van der Waals surface area contributed by atoms with Gasteiger partial charge < -0.3 is 14.6 Å². The van der Waals surface area contributed by atoms with Gasteiger partial charge in [-0.2, -0.15) is 0 Å². The average Bonchev–Trinajstić information content (AvgIpc) is 3.10. The zero-order valence-electron chi connectivity index (χ0n) is 14.0. The summed E-state index contributed by atoms with van der Waals surface area (Å²) < 4.78 is 5.41. The SMILES string of the molecule is CC(C)CN=C(NCCc1ccco1)N1CCC2(CCC2)C1. The predicted molar refractivity (Wildman–Crippen MR) is 90.0 cm³/mol. The molecule has 4 nitrogen and oxygen atoms in total. The standard InChI is InChI=1S/C18H29N3O/c1-15(2)13-20-17(19-10-6-16-5-3-12-22-16)21-11-9-18(14-21)7-4-8-18/h3,5,12,15H,4,6-11,13-14H2,1-2H3,(H,19,20). The van der Waals surface area contributed by atoms with E-state index in [0.717, 1.165) is 37.8 Å². The number of furan rings is 1. The summed E-state index contributed by atoms with van der Waals surface area (Å²) in [5.74, 6) is 2.73. The number of guanidine groups is 1. The molecule has 0 radical (unpaired) electrons. The Morgan fingerprint density at radius 3 is 2.86 bits per heavy atom. The normalized spacial score (nSPS) is 20.7. The van der Waals surface area contributed by atoms with Crippen molar-refractivity contribution in [2.24, 2.45) is 16.3 Å². The second-order valence-corrected chi connectivity index (χ2v) is 7.34. The monoisotopic (exact) mass is 303 g/mol. The van der Waals surface area contributed by atoms with Crippen molar-refractivity contribution < 1.29 is 4.42 Å². The van der Waals surface area contributed by atoms with Gasteiger partial charge in [0.15, 0.2) is 5.96 Å². The van der Waals surface area contributed by atoms with Crippen molar-refractivity contribution in [3.63, 3.8) is 0 Å². The summed E-state index contributed by atoms with van der Waals surface area (Å²) in [6.07, 6.45) is 8.23. The number of rotatable bonds is 5. The van der Waals surface area contributed by atoms with Gasteiger partial charge in [0.2, 0.25) is 0 Å². The van der Waals surface area contributed by atoms with Crippen LogP contribution in [0.25, 0.3) is 0 Å². The Morgan fingerprint density at radius 2 is 2.27 bits per heavy atom. The molecule has 0 atom stereocenters. The highest BCUT2D eigenvalue weighted by Crippen LogP contribution is 2.47. The molecule has 2 heterocycles. The quantitative estimate of drug-likeness (QED) is 0.670. The van der Waals surface area contributed by atoms with E-state index >= 15 is 0 Å². The fourth-order valence-corrected chi connectivity index (χ4v) is 3.49. The van der Waals surface area contributed by atoms with Crippen molar-refractivity contribution in [2.45, 2.75) is 46.0 Å². The summed E-state index contributed by atoms with van der Waals surface area (Å²) in [5, 5.41) is 3.56. The molecule has 0 aromatic carbocycles. The van der Waals surface area contributed by atoms with Crippen LogP contribution in [0.1, 0.15) is 45.3 Å². The van der Waals surface area contributed by atoms with E-state index in [9.17, 15) is 0 Å². The summed E-state index contributed by atoms with van der Waals surface area (Å²) in [4.78, 5) is 7.32. The summed E-state index contributed by atoms with van der Waals surface area (Å²) in [7, 11) is 0. The van der Waals surface area contributed by atoms with Crippen molar-refractivity contribution in [3.05, 3.63) is 24.2 Å². The Balaban J connectivity index is 1.56. The minimum Gasteiger partial charge on any atom is -0.469 e. The first-order chi connectivity index (χ1) is 10.7. The maximum atomic E-state index is 5.41. The topological polar surface area (TPSA) is 40.8 Å². The molecule has 1 aliphatic carbocycles. The minimum absolute atomic E-state index is 0.599. The van der Waals surface area contributed by atoms with Gasteiger partial charge in [-0.25, -0.2) is 0 Å². The molecular weight excluding hydrogens is 274 g/mol. The van der Waals surface area contributed by atoms with Crippen LogP contribution in [0.4, 0.5) is 0 Å². The third-order valence-corrected chi connectivity index (χ3v) is 4.99. The van der Waals surface area contributed by atoms with Gasteiger partial charge in [0.25, 0.3) is 0 Å². The van der Waals surface area contributed by atoms with Gasteiger partial charge in [-0.15, -0.1) is 0 Å². The van der Waals surface area contributed by atoms with Crippen molar-refractivity contribution in [1.29, 1.82) is 0 Å². The van der Waals surface area contributed by atoms with E-state index in [4.69, 9.17) is 9.41 Å². The fraction of sp³-hybridized carbons (Fsp3) is 0.722. The lowest BCUT2D eigenvalue weighted by molar-refractivity contribution is 0.151. The van der Waals surface area contributed by atoms with Gasteiger partial charge >= 0.3 is 0 Å². The van der Waals surface area contributed by atoms with Crippen LogP contribution in [0.5, 0.6) is 0 Å². The zero-order chi connectivity index (χ0) is 15.4. The lowest BCUT2D eigenvalue weighted by Crippen LogP contribution is -2.43. The molecule has 1 aromatic rings. The van der Waals surface area contributed by atoms with Crippen LogP contribution in [0.15, 0.2) is 27.8 Å². The second-order valence-electron chi connectivity index (χ2n) is 7.34. The molecule has 2 fully saturated rings. The third-order valence-electron chi connectivity index (χ3n) is 4.99. The first-order valence-corrected chi connectivity index (χ1v) is 8.73. The summed E-state index contributed by atoms with van der Waals surface area (Å²) in [6.45, 7) is 8.58.